The summed E-state index contributed by atoms with van der Waals surface area (Å²) < 4.78 is 16.1. The van der Waals surface area contributed by atoms with E-state index in [1.54, 1.807) is 6.07 Å². The topological polar surface area (TPSA) is 44.8 Å². The van der Waals surface area contributed by atoms with Gasteiger partial charge in [0.1, 0.15) is 4.88 Å². The van der Waals surface area contributed by atoms with Crippen LogP contribution in [0.3, 0.4) is 0 Å². The fourth-order valence-electron chi connectivity index (χ4n) is 2.23. The molecule has 1 aliphatic heterocycles. The molecule has 2 heterocycles. The SMILES string of the molecule is CCCCCCCCOC(=O)c1ccc(C2OCCO2)s1. The molecule has 0 spiro atoms. The first kappa shape index (κ1) is 16.5. The Bertz CT molecular complexity index is 424. The highest BCUT2D eigenvalue weighted by atomic mass is 32.1. The number of carbonyl (C=O) groups is 1. The van der Waals surface area contributed by atoms with Gasteiger partial charge in [0.25, 0.3) is 0 Å². The second kappa shape index (κ2) is 9.18. The first-order valence-corrected chi connectivity index (χ1v) is 8.63. The maximum atomic E-state index is 11.9. The Morgan fingerprint density at radius 2 is 1.90 bits per heavy atom. The maximum Gasteiger partial charge on any atom is 0.348 e. The van der Waals surface area contributed by atoms with Crippen molar-refractivity contribution in [3.63, 3.8) is 0 Å². The number of esters is 1. The minimum absolute atomic E-state index is 0.238. The van der Waals surface area contributed by atoms with Crippen LogP contribution in [0.15, 0.2) is 12.1 Å². The molecule has 1 saturated heterocycles. The number of hydrogen-bond donors (Lipinski definition) is 0. The highest BCUT2D eigenvalue weighted by Gasteiger charge is 2.21. The Balaban J connectivity index is 1.64. The third-order valence-corrected chi connectivity index (χ3v) is 4.50. The summed E-state index contributed by atoms with van der Waals surface area (Å²) in [5, 5.41) is 0. The summed E-state index contributed by atoms with van der Waals surface area (Å²) in [5.74, 6) is -0.238. The molecule has 0 bridgehead atoms. The summed E-state index contributed by atoms with van der Waals surface area (Å²) in [4.78, 5) is 13.5. The van der Waals surface area contributed by atoms with Crippen molar-refractivity contribution in [1.82, 2.24) is 0 Å². The summed E-state index contributed by atoms with van der Waals surface area (Å²) in [7, 11) is 0. The maximum absolute atomic E-state index is 11.9. The number of unbranched alkanes of at least 4 members (excludes halogenated alkanes) is 5. The molecule has 1 aliphatic rings. The van der Waals surface area contributed by atoms with Crippen molar-refractivity contribution >= 4 is 17.3 Å². The molecule has 1 fully saturated rings. The van der Waals surface area contributed by atoms with Gasteiger partial charge in [0.15, 0.2) is 6.29 Å². The van der Waals surface area contributed by atoms with Crippen molar-refractivity contribution in [2.75, 3.05) is 19.8 Å². The monoisotopic (exact) mass is 312 g/mol. The lowest BCUT2D eigenvalue weighted by atomic mass is 10.1. The lowest BCUT2D eigenvalue weighted by Gasteiger charge is -2.05. The van der Waals surface area contributed by atoms with Gasteiger partial charge in [0.2, 0.25) is 0 Å². The van der Waals surface area contributed by atoms with Crippen LogP contribution >= 0.6 is 11.3 Å². The molecule has 4 nitrogen and oxygen atoms in total. The molecule has 118 valence electrons. The van der Waals surface area contributed by atoms with Gasteiger partial charge >= 0.3 is 5.97 Å². The molecule has 21 heavy (non-hydrogen) atoms. The van der Waals surface area contributed by atoms with Crippen molar-refractivity contribution in [2.24, 2.45) is 0 Å². The molecule has 0 aliphatic carbocycles. The third-order valence-electron chi connectivity index (χ3n) is 3.41. The lowest BCUT2D eigenvalue weighted by molar-refractivity contribution is -0.0413. The van der Waals surface area contributed by atoms with Crippen LogP contribution in [0.25, 0.3) is 0 Å². The number of ether oxygens (including phenoxy) is 3. The van der Waals surface area contributed by atoms with Gasteiger partial charge in [-0.15, -0.1) is 11.3 Å². The molecule has 1 aromatic rings. The zero-order chi connectivity index (χ0) is 14.9. The smallest absolute Gasteiger partial charge is 0.348 e. The molecule has 2 rings (SSSR count). The third kappa shape index (κ3) is 5.41. The average Bonchev–Trinajstić information content (AvgIpc) is 3.16. The quantitative estimate of drug-likeness (QED) is 0.503. The molecular formula is C16H24O4S. The Morgan fingerprint density at radius 1 is 1.19 bits per heavy atom. The van der Waals surface area contributed by atoms with E-state index in [-0.39, 0.29) is 12.3 Å². The van der Waals surface area contributed by atoms with Crippen molar-refractivity contribution in [2.45, 2.75) is 51.7 Å². The minimum atomic E-state index is -0.310. The van der Waals surface area contributed by atoms with E-state index in [0.29, 0.717) is 24.7 Å². The van der Waals surface area contributed by atoms with Crippen LogP contribution in [0.2, 0.25) is 0 Å². The molecule has 5 heteroatoms. The van der Waals surface area contributed by atoms with Gasteiger partial charge < -0.3 is 14.2 Å². The fraction of sp³-hybridized carbons (Fsp3) is 0.688. The van der Waals surface area contributed by atoms with Crippen molar-refractivity contribution in [3.8, 4) is 0 Å². The standard InChI is InChI=1S/C16H24O4S/c1-2-3-4-5-6-7-10-18-15(17)13-8-9-14(21-13)16-19-11-12-20-16/h8-9,16H,2-7,10-12H2,1H3. The Labute approximate surface area is 130 Å². The van der Waals surface area contributed by atoms with E-state index in [4.69, 9.17) is 14.2 Å². The van der Waals surface area contributed by atoms with Crippen LogP contribution < -0.4 is 0 Å². The zero-order valence-electron chi connectivity index (χ0n) is 12.6. The summed E-state index contributed by atoms with van der Waals surface area (Å²) in [6.45, 7) is 3.94. The highest BCUT2D eigenvalue weighted by molar-refractivity contribution is 7.14. The number of rotatable bonds is 9. The second-order valence-electron chi connectivity index (χ2n) is 5.18. The molecule has 0 radical (unpaired) electrons. The molecule has 0 amide bonds. The normalized spacial score (nSPS) is 15.5. The van der Waals surface area contributed by atoms with E-state index in [1.807, 2.05) is 6.07 Å². The Hall–Kier alpha value is -0.910. The first-order chi connectivity index (χ1) is 10.3. The summed E-state index contributed by atoms with van der Waals surface area (Å²) in [6, 6.07) is 3.66. The lowest BCUT2D eigenvalue weighted by Crippen LogP contribution is -2.04. The predicted molar refractivity (Wildman–Crippen MR) is 82.6 cm³/mol. The van der Waals surface area contributed by atoms with Gasteiger partial charge in [-0.25, -0.2) is 4.79 Å². The summed E-state index contributed by atoms with van der Waals surface area (Å²) in [5.41, 5.74) is 0. The Morgan fingerprint density at radius 3 is 2.67 bits per heavy atom. The van der Waals surface area contributed by atoms with Crippen LogP contribution in [-0.4, -0.2) is 25.8 Å². The molecule has 0 saturated carbocycles. The van der Waals surface area contributed by atoms with E-state index in [2.05, 4.69) is 6.92 Å². The van der Waals surface area contributed by atoms with Gasteiger partial charge in [0.05, 0.1) is 24.7 Å². The van der Waals surface area contributed by atoms with E-state index in [1.165, 1.54) is 37.0 Å². The second-order valence-corrected chi connectivity index (χ2v) is 6.29. The molecule has 0 N–H and O–H groups in total. The zero-order valence-corrected chi connectivity index (χ0v) is 13.5. The molecule has 0 aromatic carbocycles. The van der Waals surface area contributed by atoms with Crippen molar-refractivity contribution in [1.29, 1.82) is 0 Å². The average molecular weight is 312 g/mol. The number of thiophene rings is 1. The molecule has 0 atom stereocenters. The minimum Gasteiger partial charge on any atom is -0.462 e. The molecular weight excluding hydrogens is 288 g/mol. The predicted octanol–water partition coefficient (Wildman–Crippen LogP) is 4.31. The largest absolute Gasteiger partial charge is 0.462 e. The summed E-state index contributed by atoms with van der Waals surface area (Å²) in [6.07, 6.45) is 6.82. The van der Waals surface area contributed by atoms with E-state index in [9.17, 15) is 4.79 Å². The van der Waals surface area contributed by atoms with E-state index < -0.39 is 0 Å². The van der Waals surface area contributed by atoms with Crippen molar-refractivity contribution < 1.29 is 19.0 Å². The van der Waals surface area contributed by atoms with Crippen LogP contribution in [0.5, 0.6) is 0 Å². The van der Waals surface area contributed by atoms with Gasteiger partial charge in [0, 0.05) is 0 Å². The molecule has 1 aromatic heterocycles. The van der Waals surface area contributed by atoms with Crippen LogP contribution in [-0.2, 0) is 14.2 Å². The van der Waals surface area contributed by atoms with Gasteiger partial charge in [-0.3, -0.25) is 0 Å². The van der Waals surface area contributed by atoms with Crippen LogP contribution in [0.1, 0.15) is 66.3 Å². The van der Waals surface area contributed by atoms with E-state index >= 15 is 0 Å². The van der Waals surface area contributed by atoms with Crippen LogP contribution in [0, 0.1) is 0 Å². The first-order valence-electron chi connectivity index (χ1n) is 7.81. The fourth-order valence-corrected chi connectivity index (χ4v) is 3.13. The van der Waals surface area contributed by atoms with Gasteiger partial charge in [-0.1, -0.05) is 39.0 Å². The number of hydrogen-bond acceptors (Lipinski definition) is 5. The van der Waals surface area contributed by atoms with Gasteiger partial charge in [-0.05, 0) is 18.6 Å². The van der Waals surface area contributed by atoms with E-state index in [0.717, 1.165) is 17.7 Å². The van der Waals surface area contributed by atoms with Crippen molar-refractivity contribution in [3.05, 3.63) is 21.9 Å². The van der Waals surface area contributed by atoms with Gasteiger partial charge in [-0.2, -0.15) is 0 Å². The number of carbonyl (C=O) groups excluding carboxylic acids is 1. The molecule has 0 unspecified atom stereocenters. The summed E-state index contributed by atoms with van der Waals surface area (Å²) >= 11 is 1.39. The highest BCUT2D eigenvalue weighted by Crippen LogP contribution is 2.29. The Kier molecular flexibility index (Phi) is 7.19. The van der Waals surface area contributed by atoms with Crippen LogP contribution in [0.4, 0.5) is 0 Å².